The van der Waals surface area contributed by atoms with Gasteiger partial charge in [-0.2, -0.15) is 0 Å². The minimum atomic E-state index is -0.0243. The number of nitrogens with zero attached hydrogens (tertiary/aromatic N) is 2. The van der Waals surface area contributed by atoms with E-state index >= 15 is 0 Å². The summed E-state index contributed by atoms with van der Waals surface area (Å²) >= 11 is 1.43. The maximum Gasteiger partial charge on any atom is 0.0857 e. The van der Waals surface area contributed by atoms with Gasteiger partial charge in [0.2, 0.25) is 0 Å². The maximum atomic E-state index is 5.78. The summed E-state index contributed by atoms with van der Waals surface area (Å²) in [7, 11) is 0. The molecule has 0 aliphatic heterocycles. The van der Waals surface area contributed by atoms with Crippen LogP contribution in [0.2, 0.25) is 0 Å². The molecule has 2 aromatic rings. The second kappa shape index (κ2) is 6.64. The predicted molar refractivity (Wildman–Crippen MR) is 88.2 cm³/mol. The Hall–Kier alpha value is -1.30. The van der Waals surface area contributed by atoms with Crippen LogP contribution in [-0.4, -0.2) is 9.59 Å². The minimum Gasteiger partial charge on any atom is -0.271 e. The average molecular weight is 304 g/mol. The van der Waals surface area contributed by atoms with Gasteiger partial charge in [-0.05, 0) is 35.5 Å². The highest BCUT2D eigenvalue weighted by molar-refractivity contribution is 7.05. The topological polar surface area (TPSA) is 63.8 Å². The van der Waals surface area contributed by atoms with Crippen molar-refractivity contribution in [2.45, 2.75) is 52.0 Å². The van der Waals surface area contributed by atoms with E-state index in [1.165, 1.54) is 22.7 Å². The van der Waals surface area contributed by atoms with Gasteiger partial charge in [-0.3, -0.25) is 11.3 Å². The summed E-state index contributed by atoms with van der Waals surface area (Å²) in [6.45, 7) is 8.61. The van der Waals surface area contributed by atoms with Crippen molar-refractivity contribution < 1.29 is 0 Å². The summed E-state index contributed by atoms with van der Waals surface area (Å²) in [6, 6.07) is 8.76. The Labute approximate surface area is 130 Å². The Morgan fingerprint density at radius 2 is 1.81 bits per heavy atom. The molecule has 1 heterocycles. The molecule has 0 aliphatic rings. The molecular formula is C16H24N4S. The number of hydrogen-bond donors (Lipinski definition) is 2. The van der Waals surface area contributed by atoms with Crippen molar-refractivity contribution in [1.82, 2.24) is 15.0 Å². The Bertz CT molecular complexity index is 569. The van der Waals surface area contributed by atoms with Crippen LogP contribution in [0.3, 0.4) is 0 Å². The van der Waals surface area contributed by atoms with Crippen LogP contribution in [0.25, 0.3) is 0 Å². The number of benzene rings is 1. The van der Waals surface area contributed by atoms with Crippen LogP contribution < -0.4 is 11.3 Å². The molecule has 1 unspecified atom stereocenters. The first-order chi connectivity index (χ1) is 9.95. The van der Waals surface area contributed by atoms with Crippen LogP contribution in [0.15, 0.2) is 24.3 Å². The van der Waals surface area contributed by atoms with Gasteiger partial charge in [0.25, 0.3) is 0 Å². The zero-order chi connectivity index (χ0) is 15.5. The lowest BCUT2D eigenvalue weighted by Gasteiger charge is -2.21. The van der Waals surface area contributed by atoms with Gasteiger partial charge in [0, 0.05) is 5.41 Å². The van der Waals surface area contributed by atoms with Gasteiger partial charge in [-0.25, -0.2) is 0 Å². The summed E-state index contributed by atoms with van der Waals surface area (Å²) in [5.41, 5.74) is 6.55. The fourth-order valence-corrected chi connectivity index (χ4v) is 3.24. The smallest absolute Gasteiger partial charge is 0.0857 e. The number of nitrogens with two attached hydrogens (primary N) is 1. The fourth-order valence-electron chi connectivity index (χ4n) is 2.32. The normalized spacial score (nSPS) is 13.4. The Morgan fingerprint density at radius 3 is 2.33 bits per heavy atom. The van der Waals surface area contributed by atoms with Crippen LogP contribution in [-0.2, 0) is 18.3 Å². The van der Waals surface area contributed by atoms with Crippen LogP contribution in [0.1, 0.15) is 55.4 Å². The standard InChI is InChI=1S/C16H24N4S/c1-5-11-6-8-12(9-7-11)10-13(18-17)14-15(16(2,3)4)19-20-21-14/h6-9,13,18H,5,10,17H2,1-4H3. The van der Waals surface area contributed by atoms with Gasteiger partial charge in [0.15, 0.2) is 0 Å². The average Bonchev–Trinajstić information content (AvgIpc) is 2.95. The number of nitrogens with one attached hydrogen (secondary N) is 1. The molecule has 3 N–H and O–H groups in total. The zero-order valence-corrected chi connectivity index (χ0v) is 14.0. The summed E-state index contributed by atoms with van der Waals surface area (Å²) in [4.78, 5) is 1.13. The van der Waals surface area contributed by atoms with E-state index in [1.54, 1.807) is 0 Å². The first kappa shape index (κ1) is 16.1. The first-order valence-corrected chi connectivity index (χ1v) is 8.09. The van der Waals surface area contributed by atoms with Crippen molar-refractivity contribution >= 4 is 11.5 Å². The van der Waals surface area contributed by atoms with Crippen molar-refractivity contribution in [3.63, 3.8) is 0 Å². The van der Waals surface area contributed by atoms with Gasteiger partial charge in [0.1, 0.15) is 0 Å². The van der Waals surface area contributed by atoms with Crippen LogP contribution in [0.4, 0.5) is 0 Å². The third-order valence-corrected chi connectivity index (χ3v) is 4.45. The number of aryl methyl sites for hydroxylation is 1. The molecular weight excluding hydrogens is 280 g/mol. The zero-order valence-electron chi connectivity index (χ0n) is 13.2. The van der Waals surface area contributed by atoms with Crippen LogP contribution in [0, 0.1) is 0 Å². The van der Waals surface area contributed by atoms with E-state index in [-0.39, 0.29) is 11.5 Å². The number of aromatic nitrogens is 2. The molecule has 2 rings (SSSR count). The molecule has 0 saturated heterocycles. The van der Waals surface area contributed by atoms with Crippen LogP contribution in [0.5, 0.6) is 0 Å². The summed E-state index contributed by atoms with van der Waals surface area (Å²) < 4.78 is 4.12. The highest BCUT2D eigenvalue weighted by atomic mass is 32.1. The summed E-state index contributed by atoms with van der Waals surface area (Å²) in [5, 5.41) is 4.30. The maximum absolute atomic E-state index is 5.78. The van der Waals surface area contributed by atoms with Crippen molar-refractivity contribution in [2.75, 3.05) is 0 Å². The monoisotopic (exact) mass is 304 g/mol. The summed E-state index contributed by atoms with van der Waals surface area (Å²) in [5.74, 6) is 5.78. The third-order valence-electron chi connectivity index (χ3n) is 3.61. The SMILES string of the molecule is CCc1ccc(CC(NN)c2snnc2C(C)(C)C)cc1. The first-order valence-electron chi connectivity index (χ1n) is 7.32. The van der Waals surface area contributed by atoms with Crippen molar-refractivity contribution in [1.29, 1.82) is 0 Å². The molecule has 0 bridgehead atoms. The Kier molecular flexibility index (Phi) is 5.08. The molecule has 0 spiro atoms. The highest BCUT2D eigenvalue weighted by Gasteiger charge is 2.26. The molecule has 0 aliphatic carbocycles. The van der Waals surface area contributed by atoms with E-state index in [4.69, 9.17) is 5.84 Å². The number of hydrazine groups is 1. The molecule has 4 nitrogen and oxygen atoms in total. The van der Waals surface area contributed by atoms with E-state index in [0.29, 0.717) is 0 Å². The molecule has 1 aromatic heterocycles. The summed E-state index contributed by atoms with van der Waals surface area (Å²) in [6.07, 6.45) is 1.90. The molecule has 0 amide bonds. The largest absolute Gasteiger partial charge is 0.271 e. The van der Waals surface area contributed by atoms with Crippen molar-refractivity contribution in [3.05, 3.63) is 46.0 Å². The number of rotatable bonds is 5. The van der Waals surface area contributed by atoms with E-state index in [9.17, 15) is 0 Å². The van der Waals surface area contributed by atoms with E-state index < -0.39 is 0 Å². The van der Waals surface area contributed by atoms with Gasteiger partial charge >= 0.3 is 0 Å². The molecule has 0 radical (unpaired) electrons. The van der Waals surface area contributed by atoms with E-state index in [1.807, 2.05) is 0 Å². The highest BCUT2D eigenvalue weighted by Crippen LogP contribution is 2.31. The molecule has 1 atom stereocenters. The van der Waals surface area contributed by atoms with Gasteiger partial charge in [-0.1, -0.05) is 56.4 Å². The van der Waals surface area contributed by atoms with Crippen molar-refractivity contribution in [3.8, 4) is 0 Å². The molecule has 5 heteroatoms. The fraction of sp³-hybridized carbons (Fsp3) is 0.500. The minimum absolute atomic E-state index is 0.0243. The number of hydrogen-bond acceptors (Lipinski definition) is 5. The van der Waals surface area contributed by atoms with E-state index in [0.717, 1.165) is 23.4 Å². The molecule has 0 fully saturated rings. The lowest BCUT2D eigenvalue weighted by Crippen LogP contribution is -2.31. The van der Waals surface area contributed by atoms with E-state index in [2.05, 4.69) is 67.0 Å². The quantitative estimate of drug-likeness (QED) is 0.658. The molecule has 1 aromatic carbocycles. The molecule has 0 saturated carbocycles. The van der Waals surface area contributed by atoms with Gasteiger partial charge in [-0.15, -0.1) is 5.10 Å². The second-order valence-corrected chi connectivity index (χ2v) is 7.11. The molecule has 21 heavy (non-hydrogen) atoms. The lowest BCUT2D eigenvalue weighted by atomic mass is 9.89. The van der Waals surface area contributed by atoms with Gasteiger partial charge in [0.05, 0.1) is 16.6 Å². The third kappa shape index (κ3) is 3.87. The van der Waals surface area contributed by atoms with Crippen molar-refractivity contribution in [2.24, 2.45) is 5.84 Å². The van der Waals surface area contributed by atoms with Gasteiger partial charge < -0.3 is 0 Å². The lowest BCUT2D eigenvalue weighted by molar-refractivity contribution is 0.515. The molecule has 114 valence electrons. The predicted octanol–water partition coefficient (Wildman–Crippen LogP) is 3.15. The Balaban J connectivity index is 2.22. The second-order valence-electron chi connectivity index (χ2n) is 6.33. The van der Waals surface area contributed by atoms with Crippen LogP contribution >= 0.6 is 11.5 Å². The Morgan fingerprint density at radius 1 is 1.19 bits per heavy atom.